The van der Waals surface area contributed by atoms with E-state index in [2.05, 4.69) is 13.8 Å². The Hall–Kier alpha value is -0.570. The highest BCUT2D eigenvalue weighted by Gasteiger charge is 2.02. The lowest BCUT2D eigenvalue weighted by atomic mass is 10.1. The summed E-state index contributed by atoms with van der Waals surface area (Å²) in [4.78, 5) is 11.3. The van der Waals surface area contributed by atoms with Crippen molar-refractivity contribution in [3.63, 3.8) is 0 Å². The van der Waals surface area contributed by atoms with Crippen molar-refractivity contribution in [3.8, 4) is 0 Å². The summed E-state index contributed by atoms with van der Waals surface area (Å²) in [6.07, 6.45) is 9.88. The first kappa shape index (κ1) is 17.4. The molecule has 0 aromatic rings. The van der Waals surface area contributed by atoms with E-state index in [1.54, 1.807) is 0 Å². The van der Waals surface area contributed by atoms with E-state index in [0.717, 1.165) is 25.9 Å². The Morgan fingerprint density at radius 1 is 0.778 bits per heavy atom. The number of carbonyl (C=O) groups excluding carboxylic acids is 1. The maximum Gasteiger partial charge on any atom is 0.305 e. The molecule has 0 aliphatic carbocycles. The third-order valence-corrected chi connectivity index (χ3v) is 2.87. The molecule has 3 heteroatoms. The third kappa shape index (κ3) is 13.5. The summed E-state index contributed by atoms with van der Waals surface area (Å²) in [5.41, 5.74) is 0. The molecule has 0 atom stereocenters. The van der Waals surface area contributed by atoms with Gasteiger partial charge in [-0.25, -0.2) is 0 Å². The SMILES string of the molecule is CCCCCCCC(=O)OCCOCCCCC. The van der Waals surface area contributed by atoms with Crippen LogP contribution in [0.3, 0.4) is 0 Å². The van der Waals surface area contributed by atoms with Crippen LogP contribution in [0, 0.1) is 0 Å². The second-order valence-corrected chi connectivity index (χ2v) is 4.70. The molecule has 0 amide bonds. The van der Waals surface area contributed by atoms with Crippen molar-refractivity contribution in [2.75, 3.05) is 19.8 Å². The second kappa shape index (κ2) is 14.5. The first-order valence-electron chi connectivity index (χ1n) is 7.54. The van der Waals surface area contributed by atoms with Gasteiger partial charge in [0, 0.05) is 13.0 Å². The fourth-order valence-corrected chi connectivity index (χ4v) is 1.72. The normalized spacial score (nSPS) is 10.6. The van der Waals surface area contributed by atoms with Gasteiger partial charge < -0.3 is 9.47 Å². The molecule has 0 aromatic heterocycles. The summed E-state index contributed by atoms with van der Waals surface area (Å²) in [6, 6.07) is 0. The minimum absolute atomic E-state index is 0.0799. The molecule has 3 nitrogen and oxygen atoms in total. The van der Waals surface area contributed by atoms with Gasteiger partial charge in [-0.2, -0.15) is 0 Å². The molecular formula is C15H30O3. The molecule has 0 unspecified atom stereocenters. The highest BCUT2D eigenvalue weighted by atomic mass is 16.6. The number of esters is 1. The first-order valence-corrected chi connectivity index (χ1v) is 7.54. The summed E-state index contributed by atoms with van der Waals surface area (Å²) < 4.78 is 10.5. The monoisotopic (exact) mass is 258 g/mol. The fraction of sp³-hybridized carbons (Fsp3) is 0.933. The molecule has 0 bridgehead atoms. The lowest BCUT2D eigenvalue weighted by Crippen LogP contribution is -2.10. The largest absolute Gasteiger partial charge is 0.463 e. The Bertz CT molecular complexity index is 181. The molecule has 108 valence electrons. The molecular weight excluding hydrogens is 228 g/mol. The lowest BCUT2D eigenvalue weighted by Gasteiger charge is -2.06. The van der Waals surface area contributed by atoms with Crippen LogP contribution in [0.2, 0.25) is 0 Å². The number of hydrogen-bond acceptors (Lipinski definition) is 3. The molecule has 0 aliphatic heterocycles. The maximum atomic E-state index is 11.3. The number of unbranched alkanes of at least 4 members (excludes halogenated alkanes) is 6. The van der Waals surface area contributed by atoms with Crippen LogP contribution in [-0.2, 0) is 14.3 Å². The minimum atomic E-state index is -0.0799. The molecule has 0 saturated heterocycles. The summed E-state index contributed by atoms with van der Waals surface area (Å²) in [5, 5.41) is 0. The van der Waals surface area contributed by atoms with Gasteiger partial charge in [-0.3, -0.25) is 4.79 Å². The average Bonchev–Trinajstić information content (AvgIpc) is 2.37. The van der Waals surface area contributed by atoms with E-state index in [1.165, 1.54) is 32.1 Å². The van der Waals surface area contributed by atoms with Crippen LogP contribution in [0.1, 0.15) is 71.6 Å². The minimum Gasteiger partial charge on any atom is -0.463 e. The zero-order valence-corrected chi connectivity index (χ0v) is 12.2. The van der Waals surface area contributed by atoms with Crippen LogP contribution in [-0.4, -0.2) is 25.8 Å². The number of carbonyl (C=O) groups is 1. The highest BCUT2D eigenvalue weighted by molar-refractivity contribution is 5.69. The highest BCUT2D eigenvalue weighted by Crippen LogP contribution is 2.05. The van der Waals surface area contributed by atoms with Crippen LogP contribution in [0.5, 0.6) is 0 Å². The van der Waals surface area contributed by atoms with Gasteiger partial charge in [0.25, 0.3) is 0 Å². The molecule has 0 N–H and O–H groups in total. The van der Waals surface area contributed by atoms with E-state index in [0.29, 0.717) is 19.6 Å². The number of hydrogen-bond donors (Lipinski definition) is 0. The van der Waals surface area contributed by atoms with Gasteiger partial charge in [0.2, 0.25) is 0 Å². The van der Waals surface area contributed by atoms with Crippen molar-refractivity contribution in [2.24, 2.45) is 0 Å². The number of ether oxygens (including phenoxy) is 2. The Balaban J connectivity index is 3.12. The van der Waals surface area contributed by atoms with E-state index in [9.17, 15) is 4.79 Å². The van der Waals surface area contributed by atoms with Crippen molar-refractivity contribution < 1.29 is 14.3 Å². The molecule has 18 heavy (non-hydrogen) atoms. The predicted molar refractivity (Wildman–Crippen MR) is 74.7 cm³/mol. The zero-order chi connectivity index (χ0) is 13.5. The molecule has 0 radical (unpaired) electrons. The van der Waals surface area contributed by atoms with E-state index >= 15 is 0 Å². The smallest absolute Gasteiger partial charge is 0.305 e. The molecule has 0 rings (SSSR count). The lowest BCUT2D eigenvalue weighted by molar-refractivity contribution is -0.145. The Labute approximate surface area is 112 Å². The molecule has 0 heterocycles. The standard InChI is InChI=1S/C15H30O3/c1-3-5-7-8-9-11-15(16)18-14-13-17-12-10-6-4-2/h3-14H2,1-2H3. The van der Waals surface area contributed by atoms with Gasteiger partial charge >= 0.3 is 5.97 Å². The van der Waals surface area contributed by atoms with Gasteiger partial charge in [0.05, 0.1) is 6.61 Å². The maximum absolute atomic E-state index is 11.3. The van der Waals surface area contributed by atoms with E-state index in [4.69, 9.17) is 9.47 Å². The van der Waals surface area contributed by atoms with Crippen molar-refractivity contribution >= 4 is 5.97 Å². The molecule has 0 spiro atoms. The predicted octanol–water partition coefficient (Wildman–Crippen LogP) is 4.10. The molecule has 0 saturated carbocycles. The van der Waals surface area contributed by atoms with Crippen LogP contribution < -0.4 is 0 Å². The average molecular weight is 258 g/mol. The van der Waals surface area contributed by atoms with Crippen LogP contribution >= 0.6 is 0 Å². The quantitative estimate of drug-likeness (QED) is 0.368. The van der Waals surface area contributed by atoms with E-state index < -0.39 is 0 Å². The van der Waals surface area contributed by atoms with Crippen LogP contribution in [0.25, 0.3) is 0 Å². The Morgan fingerprint density at radius 2 is 1.44 bits per heavy atom. The van der Waals surface area contributed by atoms with Crippen molar-refractivity contribution in [3.05, 3.63) is 0 Å². The fourth-order valence-electron chi connectivity index (χ4n) is 1.72. The molecule has 0 fully saturated rings. The van der Waals surface area contributed by atoms with Crippen molar-refractivity contribution in [1.82, 2.24) is 0 Å². The summed E-state index contributed by atoms with van der Waals surface area (Å²) in [7, 11) is 0. The topological polar surface area (TPSA) is 35.5 Å². The molecule has 0 aromatic carbocycles. The van der Waals surface area contributed by atoms with Crippen molar-refractivity contribution in [1.29, 1.82) is 0 Å². The third-order valence-electron chi connectivity index (χ3n) is 2.87. The van der Waals surface area contributed by atoms with Gasteiger partial charge in [-0.15, -0.1) is 0 Å². The molecule has 0 aliphatic rings. The first-order chi connectivity index (χ1) is 8.81. The zero-order valence-electron chi connectivity index (χ0n) is 12.2. The summed E-state index contributed by atoms with van der Waals surface area (Å²) in [6.45, 7) is 6.07. The van der Waals surface area contributed by atoms with Gasteiger partial charge in [0.1, 0.15) is 6.61 Å². The van der Waals surface area contributed by atoms with Gasteiger partial charge in [0.15, 0.2) is 0 Å². The van der Waals surface area contributed by atoms with Crippen molar-refractivity contribution in [2.45, 2.75) is 71.6 Å². The van der Waals surface area contributed by atoms with Crippen LogP contribution in [0.4, 0.5) is 0 Å². The van der Waals surface area contributed by atoms with Crippen LogP contribution in [0.15, 0.2) is 0 Å². The Kier molecular flexibility index (Phi) is 14.0. The number of rotatable bonds is 13. The second-order valence-electron chi connectivity index (χ2n) is 4.70. The summed E-state index contributed by atoms with van der Waals surface area (Å²) in [5.74, 6) is -0.0799. The van der Waals surface area contributed by atoms with Gasteiger partial charge in [-0.05, 0) is 12.8 Å². The van der Waals surface area contributed by atoms with E-state index in [-0.39, 0.29) is 5.97 Å². The Morgan fingerprint density at radius 3 is 2.17 bits per heavy atom. The van der Waals surface area contributed by atoms with E-state index in [1.807, 2.05) is 0 Å². The summed E-state index contributed by atoms with van der Waals surface area (Å²) >= 11 is 0. The van der Waals surface area contributed by atoms with Gasteiger partial charge in [-0.1, -0.05) is 52.4 Å².